The Bertz CT molecular complexity index is 312. The van der Waals surface area contributed by atoms with Gasteiger partial charge in [-0.15, -0.1) is 0 Å². The number of nitrogens with zero attached hydrogens (tertiary/aromatic N) is 2. The number of ether oxygens (including phenoxy) is 1. The third kappa shape index (κ3) is 3.27. The molecule has 0 amide bonds. The predicted molar refractivity (Wildman–Crippen MR) is 54.3 cm³/mol. The fourth-order valence-corrected chi connectivity index (χ4v) is 1.33. The van der Waals surface area contributed by atoms with Crippen molar-refractivity contribution in [1.29, 1.82) is 0 Å². The van der Waals surface area contributed by atoms with E-state index in [0.717, 1.165) is 5.69 Å². The van der Waals surface area contributed by atoms with Crippen molar-refractivity contribution in [3.63, 3.8) is 0 Å². The van der Waals surface area contributed by atoms with Gasteiger partial charge in [-0.1, -0.05) is 16.9 Å². The minimum atomic E-state index is 0.321. The maximum Gasteiger partial charge on any atom is 0.177 e. The number of hydrazone groups is 1. The lowest BCUT2D eigenvalue weighted by Crippen LogP contribution is -2.09. The molecule has 0 fully saturated rings. The first-order valence-electron chi connectivity index (χ1n) is 3.85. The van der Waals surface area contributed by atoms with E-state index in [4.69, 9.17) is 20.8 Å². The number of methoxy groups -OCH3 is 1. The fourth-order valence-electron chi connectivity index (χ4n) is 0.819. The normalized spacial score (nSPS) is 11.9. The molecule has 0 unspecified atom stereocenters. The summed E-state index contributed by atoms with van der Waals surface area (Å²) in [6.07, 6.45) is 0. The van der Waals surface area contributed by atoms with Gasteiger partial charge in [0.2, 0.25) is 0 Å². The van der Waals surface area contributed by atoms with E-state index in [9.17, 15) is 0 Å². The number of thioether (sulfide) groups is 1. The molecular formula is C7H12N4O2S. The summed E-state index contributed by atoms with van der Waals surface area (Å²) in [6.45, 7) is 0.415. The van der Waals surface area contributed by atoms with E-state index in [1.807, 2.05) is 0 Å². The summed E-state index contributed by atoms with van der Waals surface area (Å²) in [7, 11) is 1.59. The molecule has 0 aliphatic heterocycles. The van der Waals surface area contributed by atoms with E-state index in [1.165, 1.54) is 11.8 Å². The molecule has 14 heavy (non-hydrogen) atoms. The van der Waals surface area contributed by atoms with E-state index in [1.54, 1.807) is 13.2 Å². The van der Waals surface area contributed by atoms with Gasteiger partial charge in [0.15, 0.2) is 10.9 Å². The third-order valence-corrected chi connectivity index (χ3v) is 2.23. The van der Waals surface area contributed by atoms with Crippen LogP contribution in [0.5, 0.6) is 0 Å². The smallest absolute Gasteiger partial charge is 0.177 e. The van der Waals surface area contributed by atoms with E-state index < -0.39 is 0 Å². The number of hydrogen-bond donors (Lipinski definition) is 2. The van der Waals surface area contributed by atoms with Crippen LogP contribution in [0.2, 0.25) is 0 Å². The predicted octanol–water partition coefficient (Wildman–Crippen LogP) is 0.243. The second-order valence-corrected chi connectivity index (χ2v) is 3.47. The van der Waals surface area contributed by atoms with E-state index in [-0.39, 0.29) is 0 Å². The Kier molecular flexibility index (Phi) is 4.27. The molecule has 0 saturated carbocycles. The average Bonchev–Trinajstić information content (AvgIpc) is 2.63. The van der Waals surface area contributed by atoms with Crippen molar-refractivity contribution in [2.75, 3.05) is 7.11 Å². The summed E-state index contributed by atoms with van der Waals surface area (Å²) in [5.74, 6) is 6.24. The maximum absolute atomic E-state index is 5.39. The summed E-state index contributed by atoms with van der Waals surface area (Å²) >= 11 is 1.30. The van der Waals surface area contributed by atoms with Crippen molar-refractivity contribution >= 4 is 16.9 Å². The second-order valence-electron chi connectivity index (χ2n) is 2.47. The molecule has 1 heterocycles. The summed E-state index contributed by atoms with van der Waals surface area (Å²) in [5.41, 5.74) is 6.18. The molecule has 0 aliphatic carbocycles. The van der Waals surface area contributed by atoms with Gasteiger partial charge in [-0.25, -0.2) is 0 Å². The van der Waals surface area contributed by atoms with Gasteiger partial charge in [-0.3, -0.25) is 0 Å². The molecule has 0 atom stereocenters. The van der Waals surface area contributed by atoms with Crippen molar-refractivity contribution < 1.29 is 9.26 Å². The molecule has 4 N–H and O–H groups in total. The third-order valence-electron chi connectivity index (χ3n) is 1.39. The second kappa shape index (κ2) is 5.51. The Morgan fingerprint density at radius 2 is 2.57 bits per heavy atom. The van der Waals surface area contributed by atoms with Gasteiger partial charge in [0.05, 0.1) is 5.69 Å². The van der Waals surface area contributed by atoms with Crippen LogP contribution in [-0.2, 0) is 17.1 Å². The molecule has 1 aromatic rings. The van der Waals surface area contributed by atoms with Crippen molar-refractivity contribution in [2.45, 2.75) is 12.4 Å². The van der Waals surface area contributed by atoms with Crippen LogP contribution >= 0.6 is 11.8 Å². The van der Waals surface area contributed by atoms with E-state index in [2.05, 4.69) is 10.3 Å². The molecule has 0 bridgehead atoms. The van der Waals surface area contributed by atoms with Crippen molar-refractivity contribution in [1.82, 2.24) is 5.16 Å². The highest BCUT2D eigenvalue weighted by Gasteiger charge is 2.04. The fraction of sp³-hybridized carbons (Fsp3) is 0.429. The zero-order valence-corrected chi connectivity index (χ0v) is 8.58. The number of nitrogens with two attached hydrogens (primary N) is 2. The molecule has 7 heteroatoms. The quantitative estimate of drug-likeness (QED) is 0.324. The summed E-state index contributed by atoms with van der Waals surface area (Å²) in [4.78, 5) is 0. The highest BCUT2D eigenvalue weighted by atomic mass is 32.2. The Morgan fingerprint density at radius 1 is 1.79 bits per heavy atom. The maximum atomic E-state index is 5.39. The van der Waals surface area contributed by atoms with Crippen LogP contribution in [0.1, 0.15) is 11.5 Å². The van der Waals surface area contributed by atoms with Crippen LogP contribution in [0.25, 0.3) is 0 Å². The standard InChI is InChI=1S/C7H12N4O2S/c1-12-3-6-2-5(11-13-6)4-14-7(8)10-9/h2H,3-4,9H2,1H3,(H2,8,10). The number of aromatic nitrogens is 1. The van der Waals surface area contributed by atoms with Crippen molar-refractivity contribution in [3.8, 4) is 0 Å². The molecule has 0 aromatic carbocycles. The number of hydrogen-bond acceptors (Lipinski definition) is 6. The van der Waals surface area contributed by atoms with Gasteiger partial charge >= 0.3 is 0 Å². The Labute approximate surface area is 85.6 Å². The van der Waals surface area contributed by atoms with Crippen LogP contribution in [-0.4, -0.2) is 17.4 Å². The van der Waals surface area contributed by atoms with Crippen LogP contribution in [0.4, 0.5) is 0 Å². The summed E-state index contributed by atoms with van der Waals surface area (Å²) in [5, 5.41) is 7.46. The van der Waals surface area contributed by atoms with Crippen LogP contribution in [0.15, 0.2) is 15.7 Å². The molecule has 0 aliphatic rings. The first-order chi connectivity index (χ1) is 6.76. The Hall–Kier alpha value is -1.21. The molecule has 0 radical (unpaired) electrons. The van der Waals surface area contributed by atoms with Crippen LogP contribution in [0, 0.1) is 0 Å². The van der Waals surface area contributed by atoms with Gasteiger partial charge in [0.1, 0.15) is 6.61 Å². The van der Waals surface area contributed by atoms with Crippen molar-refractivity contribution in [2.24, 2.45) is 16.7 Å². The molecule has 1 aromatic heterocycles. The highest BCUT2D eigenvalue weighted by molar-refractivity contribution is 8.13. The number of amidine groups is 1. The number of rotatable bonds is 4. The molecule has 78 valence electrons. The van der Waals surface area contributed by atoms with E-state index in [0.29, 0.717) is 23.3 Å². The Morgan fingerprint density at radius 3 is 3.21 bits per heavy atom. The Balaban J connectivity index is 2.43. The highest BCUT2D eigenvalue weighted by Crippen LogP contribution is 2.12. The van der Waals surface area contributed by atoms with Gasteiger partial charge < -0.3 is 20.8 Å². The molecule has 0 spiro atoms. The van der Waals surface area contributed by atoms with Crippen LogP contribution in [0.3, 0.4) is 0 Å². The largest absolute Gasteiger partial charge is 0.377 e. The molecular weight excluding hydrogens is 204 g/mol. The minimum absolute atomic E-state index is 0.321. The molecule has 1 rings (SSSR count). The minimum Gasteiger partial charge on any atom is -0.377 e. The average molecular weight is 216 g/mol. The first-order valence-corrected chi connectivity index (χ1v) is 4.84. The summed E-state index contributed by atoms with van der Waals surface area (Å²) in [6, 6.07) is 1.81. The van der Waals surface area contributed by atoms with Crippen LogP contribution < -0.4 is 11.6 Å². The first kappa shape index (κ1) is 10.9. The SMILES string of the molecule is COCc1cc(CSC(N)=NN)no1. The lowest BCUT2D eigenvalue weighted by atomic mass is 10.4. The monoisotopic (exact) mass is 216 g/mol. The zero-order valence-electron chi connectivity index (χ0n) is 7.77. The molecule has 0 saturated heterocycles. The van der Waals surface area contributed by atoms with Gasteiger partial charge in [0.25, 0.3) is 0 Å². The van der Waals surface area contributed by atoms with Gasteiger partial charge in [-0.05, 0) is 0 Å². The van der Waals surface area contributed by atoms with Gasteiger partial charge in [-0.2, -0.15) is 5.10 Å². The van der Waals surface area contributed by atoms with E-state index >= 15 is 0 Å². The lowest BCUT2D eigenvalue weighted by Gasteiger charge is -1.93. The van der Waals surface area contributed by atoms with Crippen molar-refractivity contribution in [3.05, 3.63) is 17.5 Å². The topological polar surface area (TPSA) is 99.7 Å². The summed E-state index contributed by atoms with van der Waals surface area (Å²) < 4.78 is 9.85. The van der Waals surface area contributed by atoms with Gasteiger partial charge in [0, 0.05) is 18.9 Å². The lowest BCUT2D eigenvalue weighted by molar-refractivity contribution is 0.156. The molecule has 6 nitrogen and oxygen atoms in total. The zero-order chi connectivity index (χ0) is 10.4.